The van der Waals surface area contributed by atoms with E-state index < -0.39 is 0 Å². The third-order valence-electron chi connectivity index (χ3n) is 2.99. The van der Waals surface area contributed by atoms with Gasteiger partial charge in [0.1, 0.15) is 5.82 Å². The molecule has 1 atom stereocenters. The Balaban J connectivity index is 0.00000144. The molecule has 1 N–H and O–H groups in total. The number of aryl methyl sites for hydroxylation is 1. The lowest BCUT2D eigenvalue weighted by molar-refractivity contribution is 0.443. The average molecular weight is 277 g/mol. The number of halogens is 2. The van der Waals surface area contributed by atoms with Gasteiger partial charge in [0, 0.05) is 31.4 Å². The highest BCUT2D eigenvalue weighted by atomic mass is 35.5. The first-order valence-electron chi connectivity index (χ1n) is 5.61. The first-order chi connectivity index (χ1) is 7.66. The summed E-state index contributed by atoms with van der Waals surface area (Å²) in [6.07, 6.45) is 2.41. The van der Waals surface area contributed by atoms with Gasteiger partial charge in [-0.3, -0.25) is 0 Å². The van der Waals surface area contributed by atoms with E-state index in [-0.39, 0.29) is 12.4 Å². The van der Waals surface area contributed by atoms with Gasteiger partial charge in [-0.2, -0.15) is 0 Å². The second-order valence-electron chi connectivity index (χ2n) is 4.25. The molecule has 1 aromatic heterocycles. The molecule has 0 bridgehead atoms. The van der Waals surface area contributed by atoms with Crippen molar-refractivity contribution in [1.82, 2.24) is 15.3 Å². The Labute approximate surface area is 113 Å². The highest BCUT2D eigenvalue weighted by molar-refractivity contribution is 6.28. The zero-order chi connectivity index (χ0) is 11.5. The average Bonchev–Trinajstić information content (AvgIpc) is 2.28. The second kappa shape index (κ2) is 6.38. The van der Waals surface area contributed by atoms with Crippen LogP contribution in [0.1, 0.15) is 18.5 Å². The maximum atomic E-state index is 5.87. The molecular weight excluding hydrogens is 259 g/mol. The van der Waals surface area contributed by atoms with Crippen molar-refractivity contribution in [2.24, 2.45) is 0 Å². The van der Waals surface area contributed by atoms with Gasteiger partial charge < -0.3 is 10.2 Å². The number of hydrogen-bond donors (Lipinski definition) is 1. The van der Waals surface area contributed by atoms with Gasteiger partial charge in [-0.05, 0) is 37.9 Å². The normalized spacial score (nSPS) is 19.6. The van der Waals surface area contributed by atoms with Crippen LogP contribution in [0.4, 0.5) is 5.82 Å². The van der Waals surface area contributed by atoms with E-state index in [1.807, 2.05) is 13.0 Å². The molecule has 1 fully saturated rings. The van der Waals surface area contributed by atoms with Crippen molar-refractivity contribution in [2.75, 3.05) is 25.0 Å². The van der Waals surface area contributed by atoms with Crippen LogP contribution in [0.5, 0.6) is 0 Å². The van der Waals surface area contributed by atoms with E-state index in [9.17, 15) is 0 Å². The van der Waals surface area contributed by atoms with Crippen LogP contribution in [0.25, 0.3) is 0 Å². The number of hydrogen-bond acceptors (Lipinski definition) is 4. The molecule has 2 heterocycles. The number of anilines is 1. The smallest absolute Gasteiger partial charge is 0.224 e. The summed E-state index contributed by atoms with van der Waals surface area (Å²) in [5, 5.41) is 3.72. The molecule has 1 aromatic rings. The Morgan fingerprint density at radius 2 is 2.24 bits per heavy atom. The van der Waals surface area contributed by atoms with Gasteiger partial charge >= 0.3 is 0 Å². The number of aromatic nitrogens is 2. The summed E-state index contributed by atoms with van der Waals surface area (Å²) >= 11 is 5.87. The molecule has 6 heteroatoms. The summed E-state index contributed by atoms with van der Waals surface area (Å²) in [7, 11) is 2.07. The van der Waals surface area contributed by atoms with E-state index >= 15 is 0 Å². The monoisotopic (exact) mass is 276 g/mol. The van der Waals surface area contributed by atoms with Crippen molar-refractivity contribution >= 4 is 29.8 Å². The Bertz CT molecular complexity index is 346. The largest absolute Gasteiger partial charge is 0.355 e. The molecule has 1 saturated heterocycles. The van der Waals surface area contributed by atoms with Crippen molar-refractivity contribution in [3.05, 3.63) is 17.0 Å². The van der Waals surface area contributed by atoms with E-state index in [1.165, 1.54) is 12.8 Å². The summed E-state index contributed by atoms with van der Waals surface area (Å²) in [5.74, 6) is 0.909. The standard InChI is InChI=1S/C11H17ClN4.ClH/c1-8-6-10(15-11(12)14-8)16(2)9-4-3-5-13-7-9;/h6,9,13H,3-5,7H2,1-2H3;1H/t9-;/m0./s1. The summed E-state index contributed by atoms with van der Waals surface area (Å²) in [4.78, 5) is 10.5. The molecule has 0 aromatic carbocycles. The van der Waals surface area contributed by atoms with E-state index in [2.05, 4.69) is 27.2 Å². The van der Waals surface area contributed by atoms with Crippen LogP contribution in [-0.2, 0) is 0 Å². The molecule has 0 aliphatic carbocycles. The Morgan fingerprint density at radius 1 is 1.47 bits per heavy atom. The highest BCUT2D eigenvalue weighted by Gasteiger charge is 2.19. The SMILES string of the molecule is Cc1cc(N(C)[C@H]2CCCNC2)nc(Cl)n1.Cl. The molecule has 0 spiro atoms. The van der Waals surface area contributed by atoms with Crippen LogP contribution < -0.4 is 10.2 Å². The molecule has 96 valence electrons. The minimum atomic E-state index is 0. The second-order valence-corrected chi connectivity index (χ2v) is 4.59. The van der Waals surface area contributed by atoms with Crippen LogP contribution >= 0.6 is 24.0 Å². The van der Waals surface area contributed by atoms with Crippen molar-refractivity contribution in [3.63, 3.8) is 0 Å². The summed E-state index contributed by atoms with van der Waals surface area (Å²) in [6.45, 7) is 4.06. The zero-order valence-corrected chi connectivity index (χ0v) is 11.7. The molecule has 1 aliphatic heterocycles. The van der Waals surface area contributed by atoms with Crippen LogP contribution in [0.15, 0.2) is 6.07 Å². The fourth-order valence-electron chi connectivity index (χ4n) is 2.05. The molecule has 0 amide bonds. The minimum Gasteiger partial charge on any atom is -0.355 e. The third kappa shape index (κ3) is 3.69. The maximum Gasteiger partial charge on any atom is 0.224 e. The molecule has 0 radical (unpaired) electrons. The summed E-state index contributed by atoms with van der Waals surface area (Å²) in [6, 6.07) is 2.47. The lowest BCUT2D eigenvalue weighted by atomic mass is 10.1. The lowest BCUT2D eigenvalue weighted by Gasteiger charge is -2.32. The fraction of sp³-hybridized carbons (Fsp3) is 0.636. The molecular formula is C11H18Cl2N4. The maximum absolute atomic E-state index is 5.87. The Hall–Kier alpha value is -0.580. The van der Waals surface area contributed by atoms with E-state index in [0.717, 1.165) is 24.6 Å². The van der Waals surface area contributed by atoms with Crippen molar-refractivity contribution in [2.45, 2.75) is 25.8 Å². The number of nitrogens with one attached hydrogen (secondary N) is 1. The van der Waals surface area contributed by atoms with Gasteiger partial charge in [0.25, 0.3) is 0 Å². The quantitative estimate of drug-likeness (QED) is 0.840. The number of rotatable bonds is 2. The predicted molar refractivity (Wildman–Crippen MR) is 73.3 cm³/mol. The Morgan fingerprint density at radius 3 is 2.82 bits per heavy atom. The van der Waals surface area contributed by atoms with E-state index in [1.54, 1.807) is 0 Å². The summed E-state index contributed by atoms with van der Waals surface area (Å²) < 4.78 is 0. The topological polar surface area (TPSA) is 41.0 Å². The third-order valence-corrected chi connectivity index (χ3v) is 3.16. The molecule has 1 aliphatic rings. The first kappa shape index (κ1) is 14.5. The van der Waals surface area contributed by atoms with Gasteiger partial charge in [-0.25, -0.2) is 9.97 Å². The van der Waals surface area contributed by atoms with Crippen molar-refractivity contribution in [3.8, 4) is 0 Å². The van der Waals surface area contributed by atoms with E-state index in [0.29, 0.717) is 11.3 Å². The van der Waals surface area contributed by atoms with Crippen LogP contribution in [0.2, 0.25) is 5.28 Å². The molecule has 4 nitrogen and oxygen atoms in total. The van der Waals surface area contributed by atoms with E-state index in [4.69, 9.17) is 11.6 Å². The van der Waals surface area contributed by atoms with Gasteiger partial charge in [-0.1, -0.05) is 0 Å². The van der Waals surface area contributed by atoms with Gasteiger partial charge in [0.2, 0.25) is 5.28 Å². The zero-order valence-electron chi connectivity index (χ0n) is 10.1. The predicted octanol–water partition coefficient (Wildman–Crippen LogP) is 2.05. The highest BCUT2D eigenvalue weighted by Crippen LogP contribution is 2.18. The molecule has 0 unspecified atom stereocenters. The molecule has 17 heavy (non-hydrogen) atoms. The van der Waals surface area contributed by atoms with Crippen LogP contribution in [0, 0.1) is 6.92 Å². The van der Waals surface area contributed by atoms with Gasteiger partial charge in [-0.15, -0.1) is 12.4 Å². The number of likely N-dealkylation sites (N-methyl/N-ethyl adjacent to an activating group) is 1. The minimum absolute atomic E-state index is 0. The van der Waals surface area contributed by atoms with Crippen LogP contribution in [-0.4, -0.2) is 36.1 Å². The van der Waals surface area contributed by atoms with Crippen molar-refractivity contribution in [1.29, 1.82) is 0 Å². The molecule has 0 saturated carbocycles. The van der Waals surface area contributed by atoms with Crippen LogP contribution in [0.3, 0.4) is 0 Å². The molecule has 2 rings (SSSR count). The number of nitrogens with zero attached hydrogens (tertiary/aromatic N) is 3. The fourth-order valence-corrected chi connectivity index (χ4v) is 2.27. The van der Waals surface area contributed by atoms with Crippen molar-refractivity contribution < 1.29 is 0 Å². The van der Waals surface area contributed by atoms with Gasteiger partial charge in [0.05, 0.1) is 0 Å². The van der Waals surface area contributed by atoms with Gasteiger partial charge in [0.15, 0.2) is 0 Å². The Kier molecular flexibility index (Phi) is 5.43. The first-order valence-corrected chi connectivity index (χ1v) is 5.99. The summed E-state index contributed by atoms with van der Waals surface area (Å²) in [5.41, 5.74) is 0.908. The lowest BCUT2D eigenvalue weighted by Crippen LogP contribution is -2.44. The number of piperidine rings is 1.